The predicted molar refractivity (Wildman–Crippen MR) is 68.8 cm³/mol. The summed E-state index contributed by atoms with van der Waals surface area (Å²) in [5.41, 5.74) is 1.28. The summed E-state index contributed by atoms with van der Waals surface area (Å²) < 4.78 is 41.5. The Morgan fingerprint density at radius 1 is 1.10 bits per heavy atom. The van der Waals surface area contributed by atoms with Crippen LogP contribution in [-0.4, -0.2) is 9.61 Å². The Morgan fingerprint density at radius 2 is 1.85 bits per heavy atom. The van der Waals surface area contributed by atoms with E-state index >= 15 is 0 Å². The standard InChI is InChI=1S/C14H10F3N3/c15-10-5-11(16)14(12(17)6-10)18-7-9-8-19-20-4-2-1-3-13(9)20/h1-6,8,18H,7H2. The number of rotatable bonds is 3. The fraction of sp³-hybridized carbons (Fsp3) is 0.0714. The van der Waals surface area contributed by atoms with E-state index in [1.165, 1.54) is 0 Å². The van der Waals surface area contributed by atoms with Crippen LogP contribution >= 0.6 is 0 Å². The molecule has 0 unspecified atom stereocenters. The van der Waals surface area contributed by atoms with Crippen molar-refractivity contribution in [2.24, 2.45) is 0 Å². The maximum Gasteiger partial charge on any atom is 0.152 e. The molecule has 0 spiro atoms. The van der Waals surface area contributed by atoms with E-state index in [1.54, 1.807) is 16.9 Å². The second kappa shape index (κ2) is 4.88. The molecule has 2 aromatic heterocycles. The Bertz CT molecular complexity index is 744. The van der Waals surface area contributed by atoms with Crippen LogP contribution in [0.25, 0.3) is 5.52 Å². The number of hydrogen-bond acceptors (Lipinski definition) is 2. The molecule has 102 valence electrons. The Labute approximate surface area is 112 Å². The summed E-state index contributed by atoms with van der Waals surface area (Å²) >= 11 is 0. The lowest BCUT2D eigenvalue weighted by atomic mass is 10.2. The van der Waals surface area contributed by atoms with Gasteiger partial charge in [-0.15, -0.1) is 0 Å². The lowest BCUT2D eigenvalue weighted by molar-refractivity contribution is 0.547. The number of nitrogens with one attached hydrogen (secondary N) is 1. The van der Waals surface area contributed by atoms with Crippen LogP contribution in [0.4, 0.5) is 18.9 Å². The van der Waals surface area contributed by atoms with Crippen molar-refractivity contribution in [2.75, 3.05) is 5.32 Å². The van der Waals surface area contributed by atoms with Crippen molar-refractivity contribution in [3.63, 3.8) is 0 Å². The number of aromatic nitrogens is 2. The summed E-state index contributed by atoms with van der Waals surface area (Å²) in [4.78, 5) is 0. The molecule has 1 aromatic carbocycles. The van der Waals surface area contributed by atoms with E-state index in [1.807, 2.05) is 18.2 Å². The largest absolute Gasteiger partial charge is 0.376 e. The summed E-state index contributed by atoms with van der Waals surface area (Å²) in [7, 11) is 0. The first kappa shape index (κ1) is 12.5. The normalized spacial score (nSPS) is 10.9. The van der Waals surface area contributed by atoms with Gasteiger partial charge in [-0.1, -0.05) is 6.07 Å². The average Bonchev–Trinajstić information content (AvgIpc) is 2.81. The molecule has 3 aromatic rings. The fourth-order valence-corrected chi connectivity index (χ4v) is 2.02. The maximum atomic E-state index is 13.5. The number of fused-ring (bicyclic) bond motifs is 1. The van der Waals surface area contributed by atoms with E-state index in [0.29, 0.717) is 12.1 Å². The van der Waals surface area contributed by atoms with Gasteiger partial charge in [0.15, 0.2) is 11.6 Å². The van der Waals surface area contributed by atoms with Gasteiger partial charge in [0.05, 0.1) is 11.7 Å². The average molecular weight is 277 g/mol. The minimum atomic E-state index is -0.959. The molecule has 3 rings (SSSR count). The number of pyridine rings is 1. The Hall–Kier alpha value is -2.50. The molecule has 0 atom stereocenters. The maximum absolute atomic E-state index is 13.5. The minimum Gasteiger partial charge on any atom is -0.376 e. The van der Waals surface area contributed by atoms with Crippen molar-refractivity contribution >= 4 is 11.2 Å². The van der Waals surface area contributed by atoms with Gasteiger partial charge in [-0.05, 0) is 12.1 Å². The van der Waals surface area contributed by atoms with E-state index in [4.69, 9.17) is 0 Å². The van der Waals surface area contributed by atoms with E-state index < -0.39 is 17.5 Å². The highest BCUT2D eigenvalue weighted by atomic mass is 19.1. The van der Waals surface area contributed by atoms with Crippen molar-refractivity contribution in [3.8, 4) is 0 Å². The van der Waals surface area contributed by atoms with Crippen LogP contribution in [0.2, 0.25) is 0 Å². The van der Waals surface area contributed by atoms with Crippen LogP contribution in [0.1, 0.15) is 5.56 Å². The first-order valence-corrected chi connectivity index (χ1v) is 5.95. The molecule has 0 bridgehead atoms. The minimum absolute atomic E-state index is 0.187. The third-order valence-corrected chi connectivity index (χ3v) is 2.97. The Morgan fingerprint density at radius 3 is 2.60 bits per heavy atom. The van der Waals surface area contributed by atoms with Crippen LogP contribution in [0.15, 0.2) is 42.7 Å². The molecule has 1 N–H and O–H groups in total. The van der Waals surface area contributed by atoms with E-state index in [0.717, 1.165) is 11.1 Å². The van der Waals surface area contributed by atoms with E-state index in [-0.39, 0.29) is 12.2 Å². The molecule has 0 saturated heterocycles. The smallest absolute Gasteiger partial charge is 0.152 e. The lowest BCUT2D eigenvalue weighted by Crippen LogP contribution is -2.04. The molecule has 0 aliphatic carbocycles. The predicted octanol–water partition coefficient (Wildman–Crippen LogP) is 3.36. The third-order valence-electron chi connectivity index (χ3n) is 2.97. The topological polar surface area (TPSA) is 29.3 Å². The molecule has 6 heteroatoms. The lowest BCUT2D eigenvalue weighted by Gasteiger charge is -2.08. The van der Waals surface area contributed by atoms with Gasteiger partial charge < -0.3 is 5.32 Å². The van der Waals surface area contributed by atoms with Gasteiger partial charge in [-0.25, -0.2) is 17.7 Å². The highest BCUT2D eigenvalue weighted by Gasteiger charge is 2.12. The number of nitrogens with zero attached hydrogens (tertiary/aromatic N) is 2. The number of anilines is 1. The zero-order valence-corrected chi connectivity index (χ0v) is 10.3. The summed E-state index contributed by atoms with van der Waals surface area (Å²) in [6.45, 7) is 0.187. The molecular weight excluding hydrogens is 267 g/mol. The van der Waals surface area contributed by atoms with Gasteiger partial charge in [-0.2, -0.15) is 5.10 Å². The van der Waals surface area contributed by atoms with Crippen LogP contribution in [0.3, 0.4) is 0 Å². The molecule has 3 nitrogen and oxygen atoms in total. The summed E-state index contributed by atoms with van der Waals surface area (Å²) in [6, 6.07) is 6.81. The summed E-state index contributed by atoms with van der Waals surface area (Å²) in [5.74, 6) is -2.86. The van der Waals surface area contributed by atoms with E-state index in [9.17, 15) is 13.2 Å². The van der Waals surface area contributed by atoms with Gasteiger partial charge in [0.25, 0.3) is 0 Å². The molecular formula is C14H10F3N3. The Balaban J connectivity index is 1.87. The summed E-state index contributed by atoms with van der Waals surface area (Å²) in [5, 5.41) is 6.75. The van der Waals surface area contributed by atoms with Crippen LogP contribution in [0.5, 0.6) is 0 Å². The first-order chi connectivity index (χ1) is 9.65. The summed E-state index contributed by atoms with van der Waals surface area (Å²) in [6.07, 6.45) is 3.39. The molecule has 2 heterocycles. The second-order valence-corrected chi connectivity index (χ2v) is 4.30. The number of halogens is 3. The molecule has 0 aliphatic rings. The molecule has 0 aliphatic heterocycles. The van der Waals surface area contributed by atoms with Crippen LogP contribution in [0, 0.1) is 17.5 Å². The van der Waals surface area contributed by atoms with Gasteiger partial charge in [-0.3, -0.25) is 0 Å². The van der Waals surface area contributed by atoms with Crippen molar-refractivity contribution in [3.05, 3.63) is 65.7 Å². The Kier molecular flexibility index (Phi) is 3.06. The van der Waals surface area contributed by atoms with Crippen molar-refractivity contribution in [1.29, 1.82) is 0 Å². The molecule has 0 amide bonds. The highest BCUT2D eigenvalue weighted by molar-refractivity contribution is 5.55. The van der Waals surface area contributed by atoms with E-state index in [2.05, 4.69) is 10.4 Å². The van der Waals surface area contributed by atoms with Crippen molar-refractivity contribution in [2.45, 2.75) is 6.54 Å². The van der Waals surface area contributed by atoms with Gasteiger partial charge >= 0.3 is 0 Å². The molecule has 20 heavy (non-hydrogen) atoms. The first-order valence-electron chi connectivity index (χ1n) is 5.95. The van der Waals surface area contributed by atoms with Crippen molar-refractivity contribution < 1.29 is 13.2 Å². The van der Waals surface area contributed by atoms with Crippen LogP contribution < -0.4 is 5.32 Å². The molecule has 0 fully saturated rings. The SMILES string of the molecule is Fc1cc(F)c(NCc2cnn3ccccc23)c(F)c1. The molecule has 0 saturated carbocycles. The highest BCUT2D eigenvalue weighted by Crippen LogP contribution is 2.21. The fourth-order valence-electron chi connectivity index (χ4n) is 2.02. The van der Waals surface area contributed by atoms with Crippen molar-refractivity contribution in [1.82, 2.24) is 9.61 Å². The van der Waals surface area contributed by atoms with Crippen LogP contribution in [-0.2, 0) is 6.54 Å². The molecule has 0 radical (unpaired) electrons. The van der Waals surface area contributed by atoms with Gasteiger partial charge in [0.1, 0.15) is 11.5 Å². The quantitative estimate of drug-likeness (QED) is 0.795. The number of hydrogen-bond donors (Lipinski definition) is 1. The zero-order chi connectivity index (χ0) is 14.1. The van der Waals surface area contributed by atoms with Gasteiger partial charge in [0.2, 0.25) is 0 Å². The zero-order valence-electron chi connectivity index (χ0n) is 10.3. The monoisotopic (exact) mass is 277 g/mol. The number of benzene rings is 1. The second-order valence-electron chi connectivity index (χ2n) is 4.30. The van der Waals surface area contributed by atoms with Gasteiger partial charge in [0, 0.05) is 30.4 Å². The third kappa shape index (κ3) is 2.20.